The normalized spacial score (nSPS) is 14.2. The molecule has 5 rings (SSSR count). The Labute approximate surface area is 189 Å². The largest absolute Gasteiger partial charge is 0.353 e. The summed E-state index contributed by atoms with van der Waals surface area (Å²) in [5.41, 5.74) is 0.755. The molecule has 0 saturated carbocycles. The fraction of sp³-hybridized carbons (Fsp3) is 0.364. The summed E-state index contributed by atoms with van der Waals surface area (Å²) < 4.78 is 2.73. The van der Waals surface area contributed by atoms with E-state index >= 15 is 0 Å². The van der Waals surface area contributed by atoms with Crippen LogP contribution in [-0.4, -0.2) is 60.2 Å². The number of imidazole rings is 1. The Morgan fingerprint density at radius 1 is 0.909 bits per heavy atom. The van der Waals surface area contributed by atoms with E-state index < -0.39 is 0 Å². The van der Waals surface area contributed by atoms with Crippen molar-refractivity contribution in [3.8, 4) is 11.4 Å². The summed E-state index contributed by atoms with van der Waals surface area (Å²) in [6, 6.07) is 5.70. The number of nitrogens with one attached hydrogen (secondary N) is 1. The van der Waals surface area contributed by atoms with Crippen LogP contribution in [0.1, 0.15) is 13.8 Å². The van der Waals surface area contributed by atoms with E-state index in [1.807, 2.05) is 25.1 Å². The molecular weight excluding hydrogens is 422 g/mol. The van der Waals surface area contributed by atoms with E-state index in [2.05, 4.69) is 34.7 Å². The van der Waals surface area contributed by atoms with Gasteiger partial charge in [0.25, 0.3) is 5.56 Å². The smallest absolute Gasteiger partial charge is 0.332 e. The summed E-state index contributed by atoms with van der Waals surface area (Å²) in [6.07, 6.45) is 5.25. The zero-order valence-electron chi connectivity index (χ0n) is 18.6. The average molecular weight is 448 g/mol. The van der Waals surface area contributed by atoms with Crippen molar-refractivity contribution in [2.45, 2.75) is 26.9 Å². The molecule has 0 bridgehead atoms. The number of fused-ring (bicyclic) bond motifs is 1. The number of nitrogens with zero attached hydrogens (tertiary/aromatic N) is 8. The minimum atomic E-state index is -0.356. The van der Waals surface area contributed by atoms with Gasteiger partial charge in [-0.3, -0.25) is 13.9 Å². The Hall–Kier alpha value is -4.02. The SMILES string of the molecule is CCn1c(=O)c2[nH]c(-c3ccc(N4CCN(c5ncccn5)CC4)nc3)nc2n(CC)c1=O. The number of piperazine rings is 1. The summed E-state index contributed by atoms with van der Waals surface area (Å²) in [6.45, 7) is 7.63. The molecule has 1 fully saturated rings. The number of aromatic nitrogens is 7. The van der Waals surface area contributed by atoms with E-state index in [1.165, 1.54) is 9.13 Å². The van der Waals surface area contributed by atoms with Crippen LogP contribution in [0.4, 0.5) is 11.8 Å². The lowest BCUT2D eigenvalue weighted by molar-refractivity contribution is 0.606. The molecule has 0 spiro atoms. The van der Waals surface area contributed by atoms with Gasteiger partial charge in [-0.2, -0.15) is 0 Å². The second kappa shape index (κ2) is 8.49. The lowest BCUT2D eigenvalue weighted by atomic mass is 10.2. The van der Waals surface area contributed by atoms with Crippen LogP contribution in [0.25, 0.3) is 22.6 Å². The lowest BCUT2D eigenvalue weighted by Gasteiger charge is -2.35. The van der Waals surface area contributed by atoms with Gasteiger partial charge in [0, 0.05) is 63.4 Å². The van der Waals surface area contributed by atoms with E-state index in [0.29, 0.717) is 30.1 Å². The number of aryl methyl sites for hydroxylation is 1. The Morgan fingerprint density at radius 2 is 1.61 bits per heavy atom. The van der Waals surface area contributed by atoms with Gasteiger partial charge >= 0.3 is 5.69 Å². The van der Waals surface area contributed by atoms with Crippen molar-refractivity contribution >= 4 is 22.9 Å². The van der Waals surface area contributed by atoms with Crippen molar-refractivity contribution in [1.82, 2.24) is 34.1 Å². The number of anilines is 2. The molecule has 1 saturated heterocycles. The number of rotatable bonds is 5. The Kier molecular flexibility index (Phi) is 5.37. The zero-order valence-corrected chi connectivity index (χ0v) is 18.6. The van der Waals surface area contributed by atoms with Crippen LogP contribution in [0.3, 0.4) is 0 Å². The highest BCUT2D eigenvalue weighted by molar-refractivity contribution is 5.75. The monoisotopic (exact) mass is 447 g/mol. The van der Waals surface area contributed by atoms with E-state index in [0.717, 1.165) is 43.5 Å². The Balaban J connectivity index is 1.38. The number of H-pyrrole nitrogens is 1. The maximum Gasteiger partial charge on any atom is 0.332 e. The average Bonchev–Trinajstić information content (AvgIpc) is 3.31. The van der Waals surface area contributed by atoms with Gasteiger partial charge in [-0.05, 0) is 32.0 Å². The van der Waals surface area contributed by atoms with Crippen molar-refractivity contribution in [2.75, 3.05) is 36.0 Å². The fourth-order valence-electron chi connectivity index (χ4n) is 4.17. The molecule has 4 aromatic heterocycles. The van der Waals surface area contributed by atoms with E-state index in [9.17, 15) is 9.59 Å². The molecule has 1 N–H and O–H groups in total. The quantitative estimate of drug-likeness (QED) is 0.483. The lowest BCUT2D eigenvalue weighted by Crippen LogP contribution is -2.47. The maximum absolute atomic E-state index is 12.7. The van der Waals surface area contributed by atoms with Gasteiger partial charge in [-0.1, -0.05) is 0 Å². The molecule has 4 aromatic rings. The molecule has 11 nitrogen and oxygen atoms in total. The molecule has 0 aromatic carbocycles. The highest BCUT2D eigenvalue weighted by Crippen LogP contribution is 2.21. The summed E-state index contributed by atoms with van der Waals surface area (Å²) >= 11 is 0. The third-order valence-corrected chi connectivity index (χ3v) is 5.95. The van der Waals surface area contributed by atoms with Gasteiger partial charge in [-0.15, -0.1) is 0 Å². The first-order chi connectivity index (χ1) is 16.1. The van der Waals surface area contributed by atoms with Crippen LogP contribution < -0.4 is 21.0 Å². The number of aromatic amines is 1. The number of hydrogen-bond acceptors (Lipinski definition) is 8. The predicted molar refractivity (Wildman–Crippen MR) is 126 cm³/mol. The molecule has 1 aliphatic rings. The standard InChI is InChI=1S/C22H25N9O2/c1-3-30-19-17(20(32)31(4-2)22(30)33)26-18(27-19)15-6-7-16(25-14-15)28-10-12-29(13-11-28)21-23-8-5-9-24-21/h5-9,14H,3-4,10-13H2,1-2H3,(H,26,27). The summed E-state index contributed by atoms with van der Waals surface area (Å²) in [5, 5.41) is 0. The minimum Gasteiger partial charge on any atom is -0.353 e. The molecular formula is C22H25N9O2. The molecule has 0 atom stereocenters. The summed E-state index contributed by atoms with van der Waals surface area (Å²) in [7, 11) is 0. The van der Waals surface area contributed by atoms with Crippen LogP contribution in [0.2, 0.25) is 0 Å². The van der Waals surface area contributed by atoms with Gasteiger partial charge in [0.05, 0.1) is 0 Å². The minimum absolute atomic E-state index is 0.307. The zero-order chi connectivity index (χ0) is 22.9. The highest BCUT2D eigenvalue weighted by Gasteiger charge is 2.20. The molecule has 0 unspecified atom stereocenters. The van der Waals surface area contributed by atoms with Crippen molar-refractivity contribution in [3.05, 3.63) is 57.6 Å². The molecule has 170 valence electrons. The second-order valence-electron chi connectivity index (χ2n) is 7.79. The first kappa shape index (κ1) is 20.9. The maximum atomic E-state index is 12.7. The Morgan fingerprint density at radius 3 is 2.24 bits per heavy atom. The Bertz CT molecular complexity index is 1380. The molecule has 33 heavy (non-hydrogen) atoms. The fourth-order valence-corrected chi connectivity index (χ4v) is 4.17. The van der Waals surface area contributed by atoms with E-state index in [1.54, 1.807) is 25.5 Å². The first-order valence-electron chi connectivity index (χ1n) is 11.1. The third kappa shape index (κ3) is 3.65. The van der Waals surface area contributed by atoms with Crippen molar-refractivity contribution < 1.29 is 0 Å². The molecule has 0 radical (unpaired) electrons. The highest BCUT2D eigenvalue weighted by atomic mass is 16.2. The number of pyridine rings is 1. The molecule has 0 amide bonds. The molecule has 11 heteroatoms. The molecule has 5 heterocycles. The topological polar surface area (TPSA) is 118 Å². The second-order valence-corrected chi connectivity index (χ2v) is 7.79. The first-order valence-corrected chi connectivity index (χ1v) is 11.1. The van der Waals surface area contributed by atoms with Crippen LogP contribution in [0.5, 0.6) is 0 Å². The van der Waals surface area contributed by atoms with Gasteiger partial charge < -0.3 is 14.8 Å². The van der Waals surface area contributed by atoms with Crippen LogP contribution in [0.15, 0.2) is 46.4 Å². The van der Waals surface area contributed by atoms with E-state index in [-0.39, 0.29) is 11.2 Å². The van der Waals surface area contributed by atoms with Crippen molar-refractivity contribution in [3.63, 3.8) is 0 Å². The van der Waals surface area contributed by atoms with Gasteiger partial charge in [0.15, 0.2) is 5.65 Å². The summed E-state index contributed by atoms with van der Waals surface area (Å²) in [4.78, 5) is 50.6. The third-order valence-electron chi connectivity index (χ3n) is 5.95. The summed E-state index contributed by atoms with van der Waals surface area (Å²) in [5.74, 6) is 2.14. The van der Waals surface area contributed by atoms with Crippen LogP contribution in [-0.2, 0) is 13.1 Å². The van der Waals surface area contributed by atoms with Gasteiger partial charge in [0.2, 0.25) is 5.95 Å². The van der Waals surface area contributed by atoms with E-state index in [4.69, 9.17) is 0 Å². The van der Waals surface area contributed by atoms with Crippen molar-refractivity contribution in [2.24, 2.45) is 0 Å². The number of hydrogen-bond donors (Lipinski definition) is 1. The predicted octanol–water partition coefficient (Wildman–Crippen LogP) is 1.10. The van der Waals surface area contributed by atoms with Gasteiger partial charge in [-0.25, -0.2) is 24.7 Å². The molecule has 0 aliphatic carbocycles. The van der Waals surface area contributed by atoms with Crippen molar-refractivity contribution in [1.29, 1.82) is 0 Å². The molecule has 1 aliphatic heterocycles. The van der Waals surface area contributed by atoms with Crippen LogP contribution >= 0.6 is 0 Å². The van der Waals surface area contributed by atoms with Gasteiger partial charge in [0.1, 0.15) is 17.2 Å². The van der Waals surface area contributed by atoms with Crippen LogP contribution in [0, 0.1) is 0 Å².